The Hall–Kier alpha value is -2.00. The molecular formula is C17H23FN2O5S. The number of esters is 1. The number of halogens is 1. The van der Waals surface area contributed by atoms with Gasteiger partial charge in [-0.25, -0.2) is 22.3 Å². The van der Waals surface area contributed by atoms with Crippen LogP contribution in [-0.2, 0) is 19.6 Å². The van der Waals surface area contributed by atoms with Gasteiger partial charge in [-0.1, -0.05) is 19.3 Å². The van der Waals surface area contributed by atoms with E-state index >= 15 is 0 Å². The fourth-order valence-electron chi connectivity index (χ4n) is 2.79. The van der Waals surface area contributed by atoms with Crippen molar-refractivity contribution >= 4 is 21.9 Å². The Labute approximate surface area is 152 Å². The van der Waals surface area contributed by atoms with E-state index in [-0.39, 0.29) is 10.9 Å². The summed E-state index contributed by atoms with van der Waals surface area (Å²) < 4.78 is 44.6. The standard InChI is InChI=1S/C17H23FN2O5S/c1-11(16(21)20-12-6-4-3-5-7-12)25-17(22)14-10-13(8-9-15(14)18)26(23,24)19-2/h8-12,19H,3-7H2,1-2H3,(H,20,21). The van der Waals surface area contributed by atoms with Gasteiger partial charge in [0.05, 0.1) is 10.5 Å². The van der Waals surface area contributed by atoms with Gasteiger partial charge in [-0.3, -0.25) is 4.79 Å². The third-order valence-corrected chi connectivity index (χ3v) is 5.75. The van der Waals surface area contributed by atoms with Crippen LogP contribution in [0.15, 0.2) is 23.1 Å². The minimum absolute atomic E-state index is 0.0539. The highest BCUT2D eigenvalue weighted by atomic mass is 32.2. The van der Waals surface area contributed by atoms with E-state index in [0.717, 1.165) is 50.3 Å². The van der Waals surface area contributed by atoms with Crippen molar-refractivity contribution in [2.75, 3.05) is 7.05 Å². The molecule has 2 N–H and O–H groups in total. The van der Waals surface area contributed by atoms with Crippen LogP contribution in [0.2, 0.25) is 0 Å². The van der Waals surface area contributed by atoms with E-state index in [4.69, 9.17) is 4.74 Å². The highest BCUT2D eigenvalue weighted by molar-refractivity contribution is 7.89. The molecule has 0 radical (unpaired) electrons. The van der Waals surface area contributed by atoms with Gasteiger partial charge >= 0.3 is 5.97 Å². The van der Waals surface area contributed by atoms with Crippen molar-refractivity contribution in [2.45, 2.75) is 56.1 Å². The van der Waals surface area contributed by atoms with Gasteiger partial charge in [0.2, 0.25) is 10.0 Å². The first-order valence-corrected chi connectivity index (χ1v) is 9.97. The maximum Gasteiger partial charge on any atom is 0.341 e. The van der Waals surface area contributed by atoms with Crippen LogP contribution >= 0.6 is 0 Å². The van der Waals surface area contributed by atoms with Gasteiger partial charge in [0.1, 0.15) is 5.82 Å². The van der Waals surface area contributed by atoms with E-state index in [1.165, 1.54) is 14.0 Å². The molecule has 1 aliphatic rings. The minimum atomic E-state index is -3.84. The number of hydrogen-bond donors (Lipinski definition) is 2. The van der Waals surface area contributed by atoms with Gasteiger partial charge in [0.15, 0.2) is 6.10 Å². The quantitative estimate of drug-likeness (QED) is 0.725. The Morgan fingerprint density at radius 2 is 1.88 bits per heavy atom. The van der Waals surface area contributed by atoms with E-state index in [1.807, 2.05) is 0 Å². The fraction of sp³-hybridized carbons (Fsp3) is 0.529. The molecule has 1 fully saturated rings. The van der Waals surface area contributed by atoms with Gasteiger partial charge in [-0.05, 0) is 45.0 Å². The lowest BCUT2D eigenvalue weighted by atomic mass is 9.95. The number of amides is 1. The summed E-state index contributed by atoms with van der Waals surface area (Å²) in [6, 6.07) is 2.85. The van der Waals surface area contributed by atoms with Crippen molar-refractivity contribution in [1.82, 2.24) is 10.0 Å². The summed E-state index contributed by atoms with van der Waals surface area (Å²) in [5.74, 6) is -2.48. The smallest absolute Gasteiger partial charge is 0.341 e. The van der Waals surface area contributed by atoms with Crippen molar-refractivity contribution in [3.8, 4) is 0 Å². The van der Waals surface area contributed by atoms with Crippen LogP contribution in [0.5, 0.6) is 0 Å². The second-order valence-electron chi connectivity index (χ2n) is 6.24. The molecule has 7 nitrogen and oxygen atoms in total. The molecule has 0 heterocycles. The topological polar surface area (TPSA) is 102 Å². The Balaban J connectivity index is 2.06. The molecule has 0 saturated heterocycles. The molecular weight excluding hydrogens is 363 g/mol. The van der Waals surface area contributed by atoms with Crippen LogP contribution in [0.1, 0.15) is 49.4 Å². The number of carbonyl (C=O) groups is 2. The summed E-state index contributed by atoms with van der Waals surface area (Å²) in [4.78, 5) is 24.1. The summed E-state index contributed by atoms with van der Waals surface area (Å²) in [6.07, 6.45) is 3.86. The lowest BCUT2D eigenvalue weighted by molar-refractivity contribution is -0.130. The third-order valence-electron chi connectivity index (χ3n) is 4.34. The number of nitrogens with one attached hydrogen (secondary N) is 2. The largest absolute Gasteiger partial charge is 0.449 e. The first kappa shape index (κ1) is 20.3. The molecule has 144 valence electrons. The molecule has 1 amide bonds. The van der Waals surface area contributed by atoms with Gasteiger partial charge in [0.25, 0.3) is 5.91 Å². The predicted molar refractivity (Wildman–Crippen MR) is 92.5 cm³/mol. The fourth-order valence-corrected chi connectivity index (χ4v) is 3.54. The van der Waals surface area contributed by atoms with E-state index < -0.39 is 39.4 Å². The molecule has 0 bridgehead atoms. The number of hydrogen-bond acceptors (Lipinski definition) is 5. The minimum Gasteiger partial charge on any atom is -0.449 e. The summed E-state index contributed by atoms with van der Waals surface area (Å²) >= 11 is 0. The highest BCUT2D eigenvalue weighted by Gasteiger charge is 2.25. The van der Waals surface area contributed by atoms with Crippen LogP contribution in [0.3, 0.4) is 0 Å². The number of benzene rings is 1. The van der Waals surface area contributed by atoms with Crippen LogP contribution < -0.4 is 10.0 Å². The van der Waals surface area contributed by atoms with Gasteiger partial charge < -0.3 is 10.1 Å². The molecule has 1 saturated carbocycles. The Morgan fingerprint density at radius 1 is 1.23 bits per heavy atom. The third kappa shape index (κ3) is 5.01. The average molecular weight is 386 g/mol. The van der Waals surface area contributed by atoms with Crippen molar-refractivity contribution in [1.29, 1.82) is 0 Å². The molecule has 2 rings (SSSR count). The Kier molecular flexibility index (Phi) is 6.71. The maximum absolute atomic E-state index is 13.9. The van der Waals surface area contributed by atoms with Gasteiger partial charge in [-0.2, -0.15) is 0 Å². The van der Waals surface area contributed by atoms with Gasteiger partial charge in [-0.15, -0.1) is 0 Å². The lowest BCUT2D eigenvalue weighted by Gasteiger charge is -2.24. The summed E-state index contributed by atoms with van der Waals surface area (Å²) in [5.41, 5.74) is -0.543. The first-order valence-electron chi connectivity index (χ1n) is 8.49. The van der Waals surface area contributed by atoms with Crippen LogP contribution in [0, 0.1) is 5.82 Å². The molecule has 26 heavy (non-hydrogen) atoms. The lowest BCUT2D eigenvalue weighted by Crippen LogP contribution is -2.42. The molecule has 1 aromatic rings. The molecule has 0 spiro atoms. The Morgan fingerprint density at radius 3 is 2.50 bits per heavy atom. The van der Waals surface area contributed by atoms with Crippen molar-refractivity contribution in [3.05, 3.63) is 29.6 Å². The molecule has 1 aromatic carbocycles. The molecule has 0 aliphatic heterocycles. The summed E-state index contributed by atoms with van der Waals surface area (Å²) in [7, 11) is -2.64. The zero-order valence-corrected chi connectivity index (χ0v) is 15.6. The zero-order valence-electron chi connectivity index (χ0n) is 14.7. The zero-order chi connectivity index (χ0) is 19.3. The van der Waals surface area contributed by atoms with E-state index in [2.05, 4.69) is 10.0 Å². The molecule has 9 heteroatoms. The SMILES string of the molecule is CNS(=O)(=O)c1ccc(F)c(C(=O)OC(C)C(=O)NC2CCCCC2)c1. The number of carbonyl (C=O) groups excluding carboxylic acids is 2. The molecule has 1 atom stereocenters. The van der Waals surface area contributed by atoms with Crippen LogP contribution in [-0.4, -0.2) is 39.5 Å². The monoisotopic (exact) mass is 386 g/mol. The van der Waals surface area contributed by atoms with Crippen molar-refractivity contribution < 1.29 is 27.1 Å². The highest BCUT2D eigenvalue weighted by Crippen LogP contribution is 2.19. The van der Waals surface area contributed by atoms with E-state index in [0.29, 0.717) is 0 Å². The van der Waals surface area contributed by atoms with Crippen molar-refractivity contribution in [3.63, 3.8) is 0 Å². The van der Waals surface area contributed by atoms with Crippen molar-refractivity contribution in [2.24, 2.45) is 0 Å². The Bertz CT molecular complexity index is 775. The average Bonchev–Trinajstić information content (AvgIpc) is 2.62. The van der Waals surface area contributed by atoms with Crippen LogP contribution in [0.25, 0.3) is 0 Å². The molecule has 1 unspecified atom stereocenters. The van der Waals surface area contributed by atoms with E-state index in [1.54, 1.807) is 0 Å². The first-order chi connectivity index (χ1) is 12.2. The number of rotatable bonds is 6. The normalized spacial score (nSPS) is 16.7. The predicted octanol–water partition coefficient (Wildman–Crippen LogP) is 1.73. The second-order valence-corrected chi connectivity index (χ2v) is 8.13. The molecule has 0 aromatic heterocycles. The number of ether oxygens (including phenoxy) is 1. The summed E-state index contributed by atoms with van der Waals surface area (Å²) in [5, 5.41) is 2.82. The summed E-state index contributed by atoms with van der Waals surface area (Å²) in [6.45, 7) is 1.39. The van der Waals surface area contributed by atoms with E-state index in [9.17, 15) is 22.4 Å². The number of sulfonamides is 1. The molecule has 1 aliphatic carbocycles. The second kappa shape index (κ2) is 8.59. The maximum atomic E-state index is 13.9. The van der Waals surface area contributed by atoms with Crippen LogP contribution in [0.4, 0.5) is 4.39 Å². The van der Waals surface area contributed by atoms with Gasteiger partial charge in [0, 0.05) is 6.04 Å².